The molecule has 0 spiro atoms. The highest BCUT2D eigenvalue weighted by Gasteiger charge is 2.35. The van der Waals surface area contributed by atoms with Crippen molar-refractivity contribution in [2.45, 2.75) is 31.5 Å². The van der Waals surface area contributed by atoms with Crippen LogP contribution in [-0.2, 0) is 14.3 Å². The summed E-state index contributed by atoms with van der Waals surface area (Å²) in [4.78, 5) is 10.0. The van der Waals surface area contributed by atoms with Crippen LogP contribution in [0, 0.1) is 0 Å². The van der Waals surface area contributed by atoms with Crippen LogP contribution in [0.3, 0.4) is 0 Å². The van der Waals surface area contributed by atoms with Crippen molar-refractivity contribution in [2.24, 2.45) is 0 Å². The summed E-state index contributed by atoms with van der Waals surface area (Å²) in [6.45, 7) is 0.467. The van der Waals surface area contributed by atoms with Crippen molar-refractivity contribution in [3.05, 3.63) is 0 Å². The van der Waals surface area contributed by atoms with Gasteiger partial charge in [-0.25, -0.2) is 0 Å². The maximum Gasteiger partial charge on any atom is 0.295 e. The number of methoxy groups -OCH3 is 1. The Bertz CT molecular complexity index is 116. The summed E-state index contributed by atoms with van der Waals surface area (Å²) in [5.41, 5.74) is 0. The van der Waals surface area contributed by atoms with Gasteiger partial charge in [0.2, 0.25) is 5.79 Å². The van der Waals surface area contributed by atoms with E-state index in [1.807, 2.05) is 0 Å². The van der Waals surface area contributed by atoms with E-state index < -0.39 is 5.79 Å². The maximum absolute atomic E-state index is 10.0. The van der Waals surface area contributed by atoms with Crippen LogP contribution in [0.2, 0.25) is 0 Å². The quantitative estimate of drug-likeness (QED) is 0.439. The molecule has 0 amide bonds. The average molecular weight is 144 g/mol. The van der Waals surface area contributed by atoms with Gasteiger partial charge in [0.15, 0.2) is 0 Å². The molecule has 0 aromatic rings. The van der Waals surface area contributed by atoms with Gasteiger partial charge in [0, 0.05) is 20.0 Å². The molecule has 0 aromatic carbocycles. The molecule has 1 fully saturated rings. The van der Waals surface area contributed by atoms with Crippen molar-refractivity contribution in [1.82, 2.24) is 0 Å². The van der Waals surface area contributed by atoms with Gasteiger partial charge >= 0.3 is 0 Å². The molecule has 0 radical (unpaired) electrons. The second-order valence-electron chi connectivity index (χ2n) is 2.54. The molecule has 3 heteroatoms. The lowest BCUT2D eigenvalue weighted by Gasteiger charge is -2.24. The van der Waals surface area contributed by atoms with E-state index in [4.69, 9.17) is 9.47 Å². The molecule has 0 unspecified atom stereocenters. The van der Waals surface area contributed by atoms with E-state index in [0.29, 0.717) is 6.47 Å². The zero-order valence-electron chi connectivity index (χ0n) is 6.13. The minimum atomic E-state index is -0.582. The van der Waals surface area contributed by atoms with Gasteiger partial charge < -0.3 is 9.47 Å². The van der Waals surface area contributed by atoms with Crippen molar-refractivity contribution < 1.29 is 14.3 Å². The van der Waals surface area contributed by atoms with E-state index in [9.17, 15) is 4.79 Å². The van der Waals surface area contributed by atoms with Gasteiger partial charge in [0.05, 0.1) is 0 Å². The molecule has 0 aliphatic heterocycles. The first kappa shape index (κ1) is 7.54. The monoisotopic (exact) mass is 144 g/mol. The zero-order valence-corrected chi connectivity index (χ0v) is 6.13. The Kier molecular flexibility index (Phi) is 2.27. The van der Waals surface area contributed by atoms with Crippen LogP contribution < -0.4 is 0 Å². The lowest BCUT2D eigenvalue weighted by Crippen LogP contribution is -2.30. The summed E-state index contributed by atoms with van der Waals surface area (Å²) in [6.07, 6.45) is 3.84. The summed E-state index contributed by atoms with van der Waals surface area (Å²) >= 11 is 0. The second-order valence-corrected chi connectivity index (χ2v) is 2.54. The molecule has 10 heavy (non-hydrogen) atoms. The lowest BCUT2D eigenvalue weighted by molar-refractivity contribution is -0.205. The molecular weight excluding hydrogens is 132 g/mol. The fourth-order valence-corrected chi connectivity index (χ4v) is 1.37. The highest BCUT2D eigenvalue weighted by Crippen LogP contribution is 2.32. The fraction of sp³-hybridized carbons (Fsp3) is 0.857. The van der Waals surface area contributed by atoms with E-state index in [-0.39, 0.29) is 0 Å². The van der Waals surface area contributed by atoms with Crippen LogP contribution >= 0.6 is 0 Å². The Morgan fingerprint density at radius 3 is 2.40 bits per heavy atom. The number of ether oxygens (including phenoxy) is 2. The Labute approximate surface area is 60.3 Å². The zero-order chi connectivity index (χ0) is 7.45. The van der Waals surface area contributed by atoms with Gasteiger partial charge in [-0.2, -0.15) is 0 Å². The summed E-state index contributed by atoms with van der Waals surface area (Å²) in [7, 11) is 1.58. The van der Waals surface area contributed by atoms with Crippen LogP contribution in [0.15, 0.2) is 0 Å². The minimum absolute atomic E-state index is 0.467. The number of hydrogen-bond acceptors (Lipinski definition) is 3. The summed E-state index contributed by atoms with van der Waals surface area (Å²) in [6, 6.07) is 0. The van der Waals surface area contributed by atoms with Crippen LogP contribution in [0.5, 0.6) is 0 Å². The molecule has 1 aliphatic rings. The normalized spacial score (nSPS) is 22.5. The van der Waals surface area contributed by atoms with Gasteiger partial charge in [-0.1, -0.05) is 0 Å². The van der Waals surface area contributed by atoms with E-state index in [2.05, 4.69) is 0 Å². The van der Waals surface area contributed by atoms with Crippen LogP contribution in [-0.4, -0.2) is 19.4 Å². The van der Waals surface area contributed by atoms with Gasteiger partial charge in [-0.3, -0.25) is 4.79 Å². The fourth-order valence-electron chi connectivity index (χ4n) is 1.37. The van der Waals surface area contributed by atoms with E-state index >= 15 is 0 Å². The van der Waals surface area contributed by atoms with Crippen molar-refractivity contribution in [2.75, 3.05) is 7.11 Å². The van der Waals surface area contributed by atoms with Gasteiger partial charge in [0.25, 0.3) is 6.47 Å². The van der Waals surface area contributed by atoms with E-state index in [0.717, 1.165) is 25.7 Å². The maximum atomic E-state index is 10.0. The molecule has 0 saturated heterocycles. The molecular formula is C7H12O3. The summed E-state index contributed by atoms with van der Waals surface area (Å²) in [5, 5.41) is 0. The highest BCUT2D eigenvalue weighted by atomic mass is 16.7. The third kappa shape index (κ3) is 1.29. The molecule has 0 N–H and O–H groups in total. The first-order valence-corrected chi connectivity index (χ1v) is 3.50. The van der Waals surface area contributed by atoms with Gasteiger partial charge in [-0.15, -0.1) is 0 Å². The van der Waals surface area contributed by atoms with Crippen molar-refractivity contribution in [1.29, 1.82) is 0 Å². The van der Waals surface area contributed by atoms with Crippen LogP contribution in [0.1, 0.15) is 25.7 Å². The number of carbonyl (C=O) groups excluding carboxylic acids is 1. The molecule has 58 valence electrons. The van der Waals surface area contributed by atoms with E-state index in [1.54, 1.807) is 7.11 Å². The molecule has 1 rings (SSSR count). The number of hydrogen-bond donors (Lipinski definition) is 0. The number of rotatable bonds is 3. The molecule has 0 heterocycles. The molecule has 3 nitrogen and oxygen atoms in total. The Morgan fingerprint density at radius 1 is 1.40 bits per heavy atom. The smallest absolute Gasteiger partial charge is 0.295 e. The lowest BCUT2D eigenvalue weighted by atomic mass is 10.2. The van der Waals surface area contributed by atoms with Gasteiger partial charge in [0.1, 0.15) is 0 Å². The highest BCUT2D eigenvalue weighted by molar-refractivity contribution is 5.38. The predicted octanol–water partition coefficient (Wildman–Crippen LogP) is 1.08. The number of carbonyl (C=O) groups is 1. The standard InChI is InChI=1S/C7H12O3/c1-9-7(10-6-8)4-2-3-5-7/h6H,2-5H2,1H3. The van der Waals surface area contributed by atoms with Crippen LogP contribution in [0.4, 0.5) is 0 Å². The first-order chi connectivity index (χ1) is 4.83. The molecule has 0 atom stereocenters. The molecule has 0 aromatic heterocycles. The third-order valence-corrected chi connectivity index (χ3v) is 2.00. The van der Waals surface area contributed by atoms with Crippen molar-refractivity contribution >= 4 is 6.47 Å². The Morgan fingerprint density at radius 2 is 2.00 bits per heavy atom. The first-order valence-electron chi connectivity index (χ1n) is 3.50. The van der Waals surface area contributed by atoms with Crippen LogP contribution in [0.25, 0.3) is 0 Å². The van der Waals surface area contributed by atoms with Crippen molar-refractivity contribution in [3.8, 4) is 0 Å². The van der Waals surface area contributed by atoms with Crippen molar-refractivity contribution in [3.63, 3.8) is 0 Å². The second kappa shape index (κ2) is 3.01. The third-order valence-electron chi connectivity index (χ3n) is 2.00. The van der Waals surface area contributed by atoms with Gasteiger partial charge in [-0.05, 0) is 12.8 Å². The average Bonchev–Trinajstić information content (AvgIpc) is 2.39. The Balaban J connectivity index is 2.48. The SMILES string of the molecule is COC1(OC=O)CCCC1. The molecule has 1 saturated carbocycles. The molecule has 0 bridgehead atoms. The summed E-state index contributed by atoms with van der Waals surface area (Å²) in [5.74, 6) is -0.582. The van der Waals surface area contributed by atoms with E-state index in [1.165, 1.54) is 0 Å². The topological polar surface area (TPSA) is 35.5 Å². The predicted molar refractivity (Wildman–Crippen MR) is 35.4 cm³/mol. The molecule has 1 aliphatic carbocycles. The largest absolute Gasteiger partial charge is 0.435 e. The minimum Gasteiger partial charge on any atom is -0.435 e. The Hall–Kier alpha value is -0.570. The summed E-state index contributed by atoms with van der Waals surface area (Å²) < 4.78 is 9.92.